The normalized spacial score (nSPS) is 16.7. The number of benzene rings is 1. The highest BCUT2D eigenvalue weighted by molar-refractivity contribution is 6.41. The number of aromatic nitrogens is 5. The summed E-state index contributed by atoms with van der Waals surface area (Å²) in [7, 11) is 4.87. The van der Waals surface area contributed by atoms with Gasteiger partial charge in [-0.3, -0.25) is 9.48 Å². The van der Waals surface area contributed by atoms with Crippen molar-refractivity contribution >= 4 is 51.5 Å². The minimum absolute atomic E-state index is 0.00878. The van der Waals surface area contributed by atoms with Gasteiger partial charge in [0.05, 0.1) is 60.4 Å². The molecule has 1 aliphatic heterocycles. The van der Waals surface area contributed by atoms with Crippen LogP contribution in [0.2, 0.25) is 10.0 Å². The molecular weight excluding hydrogens is 581 g/mol. The highest BCUT2D eigenvalue weighted by Gasteiger charge is 2.28. The van der Waals surface area contributed by atoms with Gasteiger partial charge in [0, 0.05) is 49.8 Å². The number of carbonyl (C=O) groups is 1. The molecule has 0 saturated carbocycles. The van der Waals surface area contributed by atoms with E-state index >= 15 is 0 Å². The molecule has 0 amide bonds. The average molecular weight is 613 g/mol. The monoisotopic (exact) mass is 611 g/mol. The standard InChI is InChI=1S/C29H31Cl2N7O4/c1-5-18(39)8-17-6-7-42-15-21(17)35-24-9-19-20(13-32-24)36-29(37-28(19)33-11-16-12-34-38(2)14-16)25-26(30)22(40-3)10-23(41-4)27(25)31/h5,9-10,12-14,17,21H,1,6-8,11,15H2,2-4H3,(H,32,35)(H,33,36,37)/t17-,21-/m1/s1. The van der Waals surface area contributed by atoms with E-state index < -0.39 is 0 Å². The van der Waals surface area contributed by atoms with Gasteiger partial charge in [0.1, 0.15) is 23.1 Å². The van der Waals surface area contributed by atoms with E-state index in [1.165, 1.54) is 20.3 Å². The van der Waals surface area contributed by atoms with Gasteiger partial charge in [-0.25, -0.2) is 15.0 Å². The molecule has 11 nitrogen and oxygen atoms in total. The predicted molar refractivity (Wildman–Crippen MR) is 163 cm³/mol. The Kier molecular flexibility index (Phi) is 9.10. The van der Waals surface area contributed by atoms with Gasteiger partial charge in [-0.15, -0.1) is 0 Å². The van der Waals surface area contributed by atoms with E-state index in [2.05, 4.69) is 27.3 Å². The molecule has 2 atom stereocenters. The number of aryl methyl sites for hydroxylation is 1. The molecule has 3 aromatic heterocycles. The number of nitrogens with one attached hydrogen (secondary N) is 2. The van der Waals surface area contributed by atoms with E-state index in [0.29, 0.717) is 60.4 Å². The first-order valence-electron chi connectivity index (χ1n) is 13.3. The lowest BCUT2D eigenvalue weighted by molar-refractivity contribution is -0.116. The molecule has 5 rings (SSSR count). The summed E-state index contributed by atoms with van der Waals surface area (Å²) < 4.78 is 18.3. The Labute approximate surface area is 253 Å². The number of carbonyl (C=O) groups excluding carboxylic acids is 1. The number of hydrogen-bond donors (Lipinski definition) is 2. The number of pyridine rings is 1. The van der Waals surface area contributed by atoms with Crippen molar-refractivity contribution in [3.05, 3.63) is 59.0 Å². The number of ketones is 1. The summed E-state index contributed by atoms with van der Waals surface area (Å²) in [6, 6.07) is 3.39. The summed E-state index contributed by atoms with van der Waals surface area (Å²) in [5.41, 5.74) is 1.90. The number of ether oxygens (including phenoxy) is 3. The highest BCUT2D eigenvalue weighted by atomic mass is 35.5. The molecule has 1 fully saturated rings. The third kappa shape index (κ3) is 6.28. The van der Waals surface area contributed by atoms with Gasteiger partial charge < -0.3 is 24.8 Å². The summed E-state index contributed by atoms with van der Waals surface area (Å²) in [6.45, 7) is 5.13. The zero-order chi connectivity index (χ0) is 29.8. The number of nitrogens with zero attached hydrogens (tertiary/aromatic N) is 5. The second kappa shape index (κ2) is 12.9. The maximum atomic E-state index is 12.1. The Morgan fingerprint density at radius 2 is 1.95 bits per heavy atom. The van der Waals surface area contributed by atoms with E-state index in [0.717, 1.165) is 17.4 Å². The molecular formula is C29H31Cl2N7O4. The number of allylic oxidation sites excluding steroid dienone is 1. The minimum atomic E-state index is -0.0959. The van der Waals surface area contributed by atoms with E-state index in [-0.39, 0.29) is 33.6 Å². The van der Waals surface area contributed by atoms with Crippen molar-refractivity contribution in [3.63, 3.8) is 0 Å². The number of rotatable bonds is 11. The summed E-state index contributed by atoms with van der Waals surface area (Å²) in [5, 5.41) is 12.3. The molecule has 2 N–H and O–H groups in total. The quantitative estimate of drug-likeness (QED) is 0.215. The van der Waals surface area contributed by atoms with Gasteiger partial charge in [0.2, 0.25) is 0 Å². The first-order valence-corrected chi connectivity index (χ1v) is 14.1. The summed E-state index contributed by atoms with van der Waals surface area (Å²) in [6.07, 6.45) is 7.88. The second-order valence-corrected chi connectivity index (χ2v) is 10.6. The van der Waals surface area contributed by atoms with Crippen molar-refractivity contribution in [1.29, 1.82) is 0 Å². The fourth-order valence-corrected chi connectivity index (χ4v) is 5.58. The molecule has 220 valence electrons. The zero-order valence-electron chi connectivity index (χ0n) is 23.5. The lowest BCUT2D eigenvalue weighted by Crippen LogP contribution is -2.39. The molecule has 0 aliphatic carbocycles. The second-order valence-electron chi connectivity index (χ2n) is 9.89. The van der Waals surface area contributed by atoms with Crippen LogP contribution in [-0.4, -0.2) is 64.0 Å². The number of methoxy groups -OCH3 is 2. The van der Waals surface area contributed by atoms with Crippen molar-refractivity contribution in [2.45, 2.75) is 25.4 Å². The van der Waals surface area contributed by atoms with Gasteiger partial charge in [-0.1, -0.05) is 29.8 Å². The van der Waals surface area contributed by atoms with Crippen LogP contribution >= 0.6 is 23.2 Å². The van der Waals surface area contributed by atoms with Gasteiger partial charge >= 0.3 is 0 Å². The molecule has 1 saturated heterocycles. The molecule has 1 aromatic carbocycles. The molecule has 1 aliphatic rings. The van der Waals surface area contributed by atoms with Crippen LogP contribution in [-0.2, 0) is 23.1 Å². The molecule has 42 heavy (non-hydrogen) atoms. The molecule has 4 heterocycles. The Balaban J connectivity index is 1.57. The van der Waals surface area contributed by atoms with E-state index in [1.54, 1.807) is 23.1 Å². The Morgan fingerprint density at radius 1 is 1.19 bits per heavy atom. The number of halogens is 2. The predicted octanol–water partition coefficient (Wildman–Crippen LogP) is 5.32. The number of anilines is 2. The van der Waals surface area contributed by atoms with Crippen LogP contribution in [0.1, 0.15) is 18.4 Å². The zero-order valence-corrected chi connectivity index (χ0v) is 25.0. The molecule has 13 heteroatoms. The van der Waals surface area contributed by atoms with Gasteiger partial charge in [-0.2, -0.15) is 5.10 Å². The van der Waals surface area contributed by atoms with Crippen molar-refractivity contribution < 1.29 is 19.0 Å². The summed E-state index contributed by atoms with van der Waals surface area (Å²) in [5.74, 6) is 2.27. The van der Waals surface area contributed by atoms with Gasteiger partial charge in [0.25, 0.3) is 0 Å². The highest BCUT2D eigenvalue weighted by Crippen LogP contribution is 2.45. The minimum Gasteiger partial charge on any atom is -0.495 e. The van der Waals surface area contributed by atoms with Crippen LogP contribution < -0.4 is 20.1 Å². The Hall–Kier alpha value is -3.93. The summed E-state index contributed by atoms with van der Waals surface area (Å²) in [4.78, 5) is 26.3. The van der Waals surface area contributed by atoms with Crippen LogP contribution in [0.15, 0.2) is 43.4 Å². The average Bonchev–Trinajstić information content (AvgIpc) is 3.42. The molecule has 0 bridgehead atoms. The third-order valence-corrected chi connectivity index (χ3v) is 7.87. The SMILES string of the molecule is C=CC(=O)C[C@H]1CCOC[C@H]1Nc1cc2c(NCc3cnn(C)c3)nc(-c3c(Cl)c(OC)cc(OC)c3Cl)nc2cn1. The van der Waals surface area contributed by atoms with E-state index in [1.807, 2.05) is 19.3 Å². The van der Waals surface area contributed by atoms with E-state index in [4.69, 9.17) is 47.4 Å². The first kappa shape index (κ1) is 29.6. The molecule has 0 spiro atoms. The van der Waals surface area contributed by atoms with Gasteiger partial charge in [0.15, 0.2) is 11.6 Å². The smallest absolute Gasteiger partial charge is 0.165 e. The molecule has 0 radical (unpaired) electrons. The number of fused-ring (bicyclic) bond motifs is 1. The van der Waals surface area contributed by atoms with Crippen LogP contribution in [0.4, 0.5) is 11.6 Å². The maximum absolute atomic E-state index is 12.1. The summed E-state index contributed by atoms with van der Waals surface area (Å²) >= 11 is 13.4. The topological polar surface area (TPSA) is 125 Å². The first-order chi connectivity index (χ1) is 20.3. The third-order valence-electron chi connectivity index (χ3n) is 7.12. The Bertz CT molecular complexity index is 1600. The van der Waals surface area contributed by atoms with Crippen molar-refractivity contribution in [1.82, 2.24) is 24.7 Å². The Morgan fingerprint density at radius 3 is 2.62 bits per heavy atom. The fraction of sp³-hybridized carbons (Fsp3) is 0.345. The van der Waals surface area contributed by atoms with Crippen LogP contribution in [0.3, 0.4) is 0 Å². The van der Waals surface area contributed by atoms with Crippen molar-refractivity contribution in [2.75, 3.05) is 38.1 Å². The van der Waals surface area contributed by atoms with Crippen LogP contribution in [0.25, 0.3) is 22.3 Å². The fourth-order valence-electron chi connectivity index (χ4n) is 4.91. The lowest BCUT2D eigenvalue weighted by Gasteiger charge is -2.32. The van der Waals surface area contributed by atoms with Gasteiger partial charge in [-0.05, 0) is 24.5 Å². The van der Waals surface area contributed by atoms with Crippen LogP contribution in [0, 0.1) is 5.92 Å². The van der Waals surface area contributed by atoms with E-state index in [9.17, 15) is 4.79 Å². The van der Waals surface area contributed by atoms with Crippen LogP contribution in [0.5, 0.6) is 11.5 Å². The molecule has 4 aromatic rings. The molecule has 0 unspecified atom stereocenters. The number of hydrogen-bond acceptors (Lipinski definition) is 10. The maximum Gasteiger partial charge on any atom is 0.165 e. The van der Waals surface area contributed by atoms with Crippen molar-refractivity contribution in [3.8, 4) is 22.9 Å². The largest absolute Gasteiger partial charge is 0.495 e. The lowest BCUT2D eigenvalue weighted by atomic mass is 9.89. The van der Waals surface area contributed by atoms with Crippen molar-refractivity contribution in [2.24, 2.45) is 13.0 Å².